The van der Waals surface area contributed by atoms with Gasteiger partial charge in [-0.05, 0) is 24.8 Å². The van der Waals surface area contributed by atoms with Crippen LogP contribution in [0.15, 0.2) is 0 Å². The zero-order valence-corrected chi connectivity index (χ0v) is 9.25. The Balaban J connectivity index is 2.17. The molecule has 0 aliphatic carbocycles. The molecule has 2 nitrogen and oxygen atoms in total. The third-order valence-electron chi connectivity index (χ3n) is 3.32. The lowest BCUT2D eigenvalue weighted by Gasteiger charge is -2.43. The van der Waals surface area contributed by atoms with Crippen LogP contribution in [0, 0.1) is 11.8 Å². The summed E-state index contributed by atoms with van der Waals surface area (Å²) in [7, 11) is 1.80. The zero-order chi connectivity index (χ0) is 9.68. The number of likely N-dealkylation sites (tertiary alicyclic amines) is 1. The summed E-state index contributed by atoms with van der Waals surface area (Å²) in [4.78, 5) is 2.51. The summed E-state index contributed by atoms with van der Waals surface area (Å²) < 4.78 is 5.13. The molecule has 1 rings (SSSR count). The second kappa shape index (κ2) is 5.61. The fraction of sp³-hybridized carbons (Fsp3) is 1.00. The molecule has 0 aromatic carbocycles. The molecular formula is C11H23NO. The first-order valence-electron chi connectivity index (χ1n) is 5.53. The Bertz CT molecular complexity index is 132. The van der Waals surface area contributed by atoms with E-state index >= 15 is 0 Å². The summed E-state index contributed by atoms with van der Waals surface area (Å²) in [6, 6.07) is 0. The molecule has 0 saturated carbocycles. The second-order valence-electron chi connectivity index (χ2n) is 4.06. The van der Waals surface area contributed by atoms with Gasteiger partial charge in [0.15, 0.2) is 0 Å². The van der Waals surface area contributed by atoms with Crippen molar-refractivity contribution in [2.24, 2.45) is 11.8 Å². The molecule has 1 atom stereocenters. The normalized spacial score (nSPS) is 21.5. The number of rotatable bonds is 6. The van der Waals surface area contributed by atoms with E-state index in [1.807, 2.05) is 0 Å². The van der Waals surface area contributed by atoms with Crippen LogP contribution in [0.25, 0.3) is 0 Å². The van der Waals surface area contributed by atoms with Crippen molar-refractivity contribution in [2.75, 3.05) is 33.4 Å². The summed E-state index contributed by atoms with van der Waals surface area (Å²) in [5.41, 5.74) is 0. The van der Waals surface area contributed by atoms with E-state index in [9.17, 15) is 0 Å². The molecule has 0 amide bonds. The Labute approximate surface area is 82.3 Å². The number of hydrogen-bond donors (Lipinski definition) is 0. The van der Waals surface area contributed by atoms with Crippen molar-refractivity contribution >= 4 is 0 Å². The highest BCUT2D eigenvalue weighted by atomic mass is 16.5. The number of hydrogen-bond acceptors (Lipinski definition) is 2. The molecule has 0 aromatic heterocycles. The molecule has 0 radical (unpaired) electrons. The number of ether oxygens (including phenoxy) is 1. The Morgan fingerprint density at radius 3 is 2.54 bits per heavy atom. The van der Waals surface area contributed by atoms with Crippen LogP contribution in [0.2, 0.25) is 0 Å². The lowest BCUT2D eigenvalue weighted by Crippen LogP contribution is -2.49. The topological polar surface area (TPSA) is 12.5 Å². The van der Waals surface area contributed by atoms with Gasteiger partial charge in [0.05, 0.1) is 0 Å². The van der Waals surface area contributed by atoms with Crippen LogP contribution in [-0.4, -0.2) is 38.3 Å². The van der Waals surface area contributed by atoms with E-state index in [1.54, 1.807) is 7.11 Å². The van der Waals surface area contributed by atoms with Gasteiger partial charge in [0, 0.05) is 26.8 Å². The first kappa shape index (κ1) is 11.0. The molecule has 1 unspecified atom stereocenters. The molecule has 1 saturated heterocycles. The fourth-order valence-electron chi connectivity index (χ4n) is 2.21. The summed E-state index contributed by atoms with van der Waals surface area (Å²) >= 11 is 0. The van der Waals surface area contributed by atoms with E-state index < -0.39 is 0 Å². The van der Waals surface area contributed by atoms with Crippen LogP contribution < -0.4 is 0 Å². The summed E-state index contributed by atoms with van der Waals surface area (Å²) in [5.74, 6) is 1.84. The van der Waals surface area contributed by atoms with Gasteiger partial charge < -0.3 is 9.64 Å². The van der Waals surface area contributed by atoms with E-state index in [4.69, 9.17) is 4.74 Å². The minimum Gasteiger partial charge on any atom is -0.385 e. The first-order valence-corrected chi connectivity index (χ1v) is 5.53. The highest BCUT2D eigenvalue weighted by molar-refractivity contribution is 4.83. The monoisotopic (exact) mass is 185 g/mol. The molecule has 0 N–H and O–H groups in total. The van der Waals surface area contributed by atoms with Crippen molar-refractivity contribution < 1.29 is 4.74 Å². The molecule has 1 fully saturated rings. The van der Waals surface area contributed by atoms with Crippen LogP contribution in [-0.2, 0) is 4.74 Å². The SMILES string of the molecule is CCC(CCOC)C1CN(CC)C1. The van der Waals surface area contributed by atoms with Gasteiger partial charge in [0.2, 0.25) is 0 Å². The van der Waals surface area contributed by atoms with E-state index in [2.05, 4.69) is 18.7 Å². The van der Waals surface area contributed by atoms with Gasteiger partial charge in [-0.3, -0.25) is 0 Å². The second-order valence-corrected chi connectivity index (χ2v) is 4.06. The summed E-state index contributed by atoms with van der Waals surface area (Å²) in [6.45, 7) is 9.33. The predicted molar refractivity (Wildman–Crippen MR) is 55.9 cm³/mol. The van der Waals surface area contributed by atoms with Gasteiger partial charge >= 0.3 is 0 Å². The van der Waals surface area contributed by atoms with Gasteiger partial charge in [-0.25, -0.2) is 0 Å². The molecule has 1 heterocycles. The van der Waals surface area contributed by atoms with Crippen LogP contribution in [0.1, 0.15) is 26.7 Å². The summed E-state index contributed by atoms with van der Waals surface area (Å²) in [5, 5.41) is 0. The maximum absolute atomic E-state index is 5.13. The molecular weight excluding hydrogens is 162 g/mol. The molecule has 13 heavy (non-hydrogen) atoms. The van der Waals surface area contributed by atoms with Gasteiger partial charge in [0.25, 0.3) is 0 Å². The Morgan fingerprint density at radius 1 is 1.38 bits per heavy atom. The number of methoxy groups -OCH3 is 1. The predicted octanol–water partition coefficient (Wildman–Crippen LogP) is 2.00. The maximum atomic E-state index is 5.13. The van der Waals surface area contributed by atoms with Crippen molar-refractivity contribution in [1.82, 2.24) is 4.90 Å². The van der Waals surface area contributed by atoms with Crippen LogP contribution in [0.3, 0.4) is 0 Å². The highest BCUT2D eigenvalue weighted by Gasteiger charge is 2.30. The quantitative estimate of drug-likeness (QED) is 0.627. The van der Waals surface area contributed by atoms with Crippen LogP contribution >= 0.6 is 0 Å². The summed E-state index contributed by atoms with van der Waals surface area (Å²) in [6.07, 6.45) is 2.56. The van der Waals surface area contributed by atoms with Crippen molar-refractivity contribution in [3.05, 3.63) is 0 Å². The van der Waals surface area contributed by atoms with Gasteiger partial charge in [-0.1, -0.05) is 20.3 Å². The van der Waals surface area contributed by atoms with E-state index in [-0.39, 0.29) is 0 Å². The third kappa shape index (κ3) is 2.96. The van der Waals surface area contributed by atoms with E-state index in [1.165, 1.54) is 32.5 Å². The van der Waals surface area contributed by atoms with Crippen molar-refractivity contribution in [1.29, 1.82) is 0 Å². The lowest BCUT2D eigenvalue weighted by atomic mass is 9.82. The van der Waals surface area contributed by atoms with Crippen LogP contribution in [0.5, 0.6) is 0 Å². The van der Waals surface area contributed by atoms with Crippen LogP contribution in [0.4, 0.5) is 0 Å². The minimum atomic E-state index is 0.891. The van der Waals surface area contributed by atoms with E-state index in [0.29, 0.717) is 0 Å². The standard InChI is InChI=1S/C11H23NO/c1-4-10(6-7-13-3)11-8-12(5-2)9-11/h10-11H,4-9H2,1-3H3. The van der Waals surface area contributed by atoms with E-state index in [0.717, 1.165) is 18.4 Å². The zero-order valence-electron chi connectivity index (χ0n) is 9.25. The molecule has 78 valence electrons. The fourth-order valence-corrected chi connectivity index (χ4v) is 2.21. The Kier molecular flexibility index (Phi) is 4.74. The molecule has 0 spiro atoms. The van der Waals surface area contributed by atoms with Gasteiger partial charge in [0.1, 0.15) is 0 Å². The van der Waals surface area contributed by atoms with Crippen molar-refractivity contribution in [2.45, 2.75) is 26.7 Å². The Hall–Kier alpha value is -0.0800. The molecule has 2 heteroatoms. The molecule has 0 bridgehead atoms. The van der Waals surface area contributed by atoms with Crippen molar-refractivity contribution in [3.8, 4) is 0 Å². The molecule has 1 aliphatic rings. The van der Waals surface area contributed by atoms with Gasteiger partial charge in [-0.15, -0.1) is 0 Å². The minimum absolute atomic E-state index is 0.891. The molecule has 0 aromatic rings. The smallest absolute Gasteiger partial charge is 0.0465 e. The Morgan fingerprint density at radius 2 is 2.08 bits per heavy atom. The first-order chi connectivity index (χ1) is 6.31. The third-order valence-corrected chi connectivity index (χ3v) is 3.32. The van der Waals surface area contributed by atoms with Crippen molar-refractivity contribution in [3.63, 3.8) is 0 Å². The average Bonchev–Trinajstić information content (AvgIpc) is 2.08. The number of nitrogens with zero attached hydrogens (tertiary/aromatic N) is 1. The highest BCUT2D eigenvalue weighted by Crippen LogP contribution is 2.28. The lowest BCUT2D eigenvalue weighted by molar-refractivity contribution is 0.0454. The van der Waals surface area contributed by atoms with Gasteiger partial charge in [-0.2, -0.15) is 0 Å². The maximum Gasteiger partial charge on any atom is 0.0465 e. The largest absolute Gasteiger partial charge is 0.385 e. The molecule has 1 aliphatic heterocycles. The average molecular weight is 185 g/mol.